The molecule has 2 aromatic rings. The van der Waals surface area contributed by atoms with Crippen molar-refractivity contribution in [3.63, 3.8) is 0 Å². The van der Waals surface area contributed by atoms with Gasteiger partial charge in [-0.25, -0.2) is 4.79 Å². The zero-order chi connectivity index (χ0) is 16.8. The maximum atomic E-state index is 11.9. The molecule has 0 aliphatic carbocycles. The van der Waals surface area contributed by atoms with Crippen molar-refractivity contribution in [3.8, 4) is 5.75 Å². The molecule has 0 saturated carbocycles. The average molecular weight is 312 g/mol. The molecule has 0 atom stereocenters. The van der Waals surface area contributed by atoms with Gasteiger partial charge in [-0.1, -0.05) is 24.3 Å². The number of anilines is 1. The highest BCUT2D eigenvalue weighted by molar-refractivity contribution is 5.90. The second kappa shape index (κ2) is 7.68. The second-order valence-electron chi connectivity index (χ2n) is 5.75. The predicted molar refractivity (Wildman–Crippen MR) is 94.3 cm³/mol. The molecule has 0 bridgehead atoms. The number of carbonyl (C=O) groups excluding carboxylic acids is 1. The summed E-state index contributed by atoms with van der Waals surface area (Å²) in [5.74, 6) is 0.863. The van der Waals surface area contributed by atoms with Crippen LogP contribution >= 0.6 is 0 Å². The zero-order valence-corrected chi connectivity index (χ0v) is 14.2. The summed E-state index contributed by atoms with van der Waals surface area (Å²) in [6.45, 7) is 8.94. The zero-order valence-electron chi connectivity index (χ0n) is 14.2. The summed E-state index contributed by atoms with van der Waals surface area (Å²) in [7, 11) is 0. The van der Waals surface area contributed by atoms with Crippen LogP contribution < -0.4 is 15.4 Å². The van der Waals surface area contributed by atoms with E-state index < -0.39 is 0 Å². The lowest BCUT2D eigenvalue weighted by Gasteiger charge is -2.13. The molecule has 4 nitrogen and oxygen atoms in total. The first-order valence-electron chi connectivity index (χ1n) is 7.78. The molecule has 0 unspecified atom stereocenters. The van der Waals surface area contributed by atoms with Crippen LogP contribution in [0.3, 0.4) is 0 Å². The first kappa shape index (κ1) is 16.9. The van der Waals surface area contributed by atoms with Crippen molar-refractivity contribution < 1.29 is 9.53 Å². The Balaban J connectivity index is 1.79. The lowest BCUT2D eigenvalue weighted by molar-refractivity contribution is 0.247. The molecule has 122 valence electrons. The lowest BCUT2D eigenvalue weighted by Crippen LogP contribution is -2.32. The van der Waals surface area contributed by atoms with Crippen molar-refractivity contribution in [2.45, 2.75) is 27.7 Å². The van der Waals surface area contributed by atoms with E-state index in [1.807, 2.05) is 58.0 Å². The molecular formula is C19H24N2O2. The molecule has 0 saturated heterocycles. The van der Waals surface area contributed by atoms with Crippen molar-refractivity contribution in [1.29, 1.82) is 0 Å². The van der Waals surface area contributed by atoms with Crippen LogP contribution in [0.1, 0.15) is 22.3 Å². The Kier molecular flexibility index (Phi) is 5.63. The largest absolute Gasteiger partial charge is 0.491 e. The number of carbonyl (C=O) groups is 1. The second-order valence-corrected chi connectivity index (χ2v) is 5.75. The van der Waals surface area contributed by atoms with Gasteiger partial charge in [-0.2, -0.15) is 0 Å². The maximum absolute atomic E-state index is 11.9. The van der Waals surface area contributed by atoms with Crippen LogP contribution in [0.25, 0.3) is 0 Å². The van der Waals surface area contributed by atoms with Gasteiger partial charge in [-0.15, -0.1) is 0 Å². The Morgan fingerprint density at radius 3 is 2.61 bits per heavy atom. The van der Waals surface area contributed by atoms with Gasteiger partial charge in [-0.3, -0.25) is 0 Å². The number of hydrogen-bond donors (Lipinski definition) is 2. The first-order chi connectivity index (χ1) is 11.0. The van der Waals surface area contributed by atoms with Crippen LogP contribution in [0.5, 0.6) is 5.75 Å². The Morgan fingerprint density at radius 1 is 1.04 bits per heavy atom. The molecule has 2 N–H and O–H groups in total. The van der Waals surface area contributed by atoms with E-state index in [1.54, 1.807) is 0 Å². The number of hydrogen-bond acceptors (Lipinski definition) is 2. The minimum absolute atomic E-state index is 0.219. The van der Waals surface area contributed by atoms with Gasteiger partial charge in [0.2, 0.25) is 0 Å². The van der Waals surface area contributed by atoms with Gasteiger partial charge in [0.1, 0.15) is 12.4 Å². The summed E-state index contributed by atoms with van der Waals surface area (Å²) in [6, 6.07) is 11.7. The third-order valence-corrected chi connectivity index (χ3v) is 3.84. The van der Waals surface area contributed by atoms with Gasteiger partial charge in [0.05, 0.1) is 6.54 Å². The Morgan fingerprint density at radius 2 is 1.83 bits per heavy atom. The van der Waals surface area contributed by atoms with E-state index in [-0.39, 0.29) is 6.03 Å². The minimum atomic E-state index is -0.219. The van der Waals surface area contributed by atoms with Crippen LogP contribution in [0, 0.1) is 27.7 Å². The number of amides is 2. The van der Waals surface area contributed by atoms with E-state index in [2.05, 4.69) is 16.7 Å². The molecular weight excluding hydrogens is 288 g/mol. The van der Waals surface area contributed by atoms with E-state index in [1.165, 1.54) is 0 Å². The van der Waals surface area contributed by atoms with Gasteiger partial charge < -0.3 is 15.4 Å². The van der Waals surface area contributed by atoms with Crippen LogP contribution in [-0.2, 0) is 0 Å². The molecule has 0 heterocycles. The summed E-state index contributed by atoms with van der Waals surface area (Å²) in [6.07, 6.45) is 0. The Bertz CT molecular complexity index is 696. The van der Waals surface area contributed by atoms with E-state index in [4.69, 9.17) is 4.74 Å². The molecule has 4 heteroatoms. The van der Waals surface area contributed by atoms with Gasteiger partial charge >= 0.3 is 6.03 Å². The van der Waals surface area contributed by atoms with E-state index >= 15 is 0 Å². The van der Waals surface area contributed by atoms with Gasteiger partial charge in [0.15, 0.2) is 0 Å². The Hall–Kier alpha value is -2.49. The van der Waals surface area contributed by atoms with Crippen molar-refractivity contribution in [3.05, 3.63) is 58.7 Å². The van der Waals surface area contributed by atoms with E-state index in [0.717, 1.165) is 33.7 Å². The molecule has 2 rings (SSSR count). The number of benzene rings is 2. The van der Waals surface area contributed by atoms with Gasteiger partial charge in [-0.05, 0) is 62.1 Å². The van der Waals surface area contributed by atoms with Crippen LogP contribution in [0.4, 0.5) is 10.5 Å². The number of ether oxygens (including phenoxy) is 1. The van der Waals surface area contributed by atoms with Crippen LogP contribution in [0.15, 0.2) is 36.4 Å². The first-order valence-corrected chi connectivity index (χ1v) is 7.78. The number of nitrogens with one attached hydrogen (secondary N) is 2. The lowest BCUT2D eigenvalue weighted by atomic mass is 10.1. The summed E-state index contributed by atoms with van der Waals surface area (Å²) in [4.78, 5) is 11.9. The highest BCUT2D eigenvalue weighted by atomic mass is 16.5. The SMILES string of the molecule is Cc1ccc(C)c(OCCNC(=O)Nc2cccc(C)c2C)c1. The monoisotopic (exact) mass is 312 g/mol. The van der Waals surface area contributed by atoms with Crippen molar-refractivity contribution in [1.82, 2.24) is 5.32 Å². The highest BCUT2D eigenvalue weighted by Crippen LogP contribution is 2.19. The van der Waals surface area contributed by atoms with Gasteiger partial charge in [0.25, 0.3) is 0 Å². The molecule has 0 spiro atoms. The molecule has 0 aliphatic heterocycles. The van der Waals surface area contributed by atoms with Crippen LogP contribution in [-0.4, -0.2) is 19.2 Å². The smallest absolute Gasteiger partial charge is 0.319 e. The fraction of sp³-hybridized carbons (Fsp3) is 0.316. The maximum Gasteiger partial charge on any atom is 0.319 e. The number of urea groups is 1. The quantitative estimate of drug-likeness (QED) is 0.816. The summed E-state index contributed by atoms with van der Waals surface area (Å²) in [5, 5.41) is 5.67. The Labute approximate surface area is 137 Å². The minimum Gasteiger partial charge on any atom is -0.491 e. The summed E-state index contributed by atoms with van der Waals surface area (Å²) in [5.41, 5.74) is 5.31. The average Bonchev–Trinajstić information content (AvgIpc) is 2.51. The summed E-state index contributed by atoms with van der Waals surface area (Å²) < 4.78 is 5.72. The normalized spacial score (nSPS) is 10.3. The molecule has 23 heavy (non-hydrogen) atoms. The van der Waals surface area contributed by atoms with E-state index in [0.29, 0.717) is 13.2 Å². The molecule has 0 aromatic heterocycles. The third kappa shape index (κ3) is 4.74. The highest BCUT2D eigenvalue weighted by Gasteiger charge is 2.05. The summed E-state index contributed by atoms with van der Waals surface area (Å²) >= 11 is 0. The van der Waals surface area contributed by atoms with Crippen LogP contribution in [0.2, 0.25) is 0 Å². The fourth-order valence-corrected chi connectivity index (χ4v) is 2.24. The third-order valence-electron chi connectivity index (χ3n) is 3.84. The fourth-order valence-electron chi connectivity index (χ4n) is 2.24. The molecule has 0 fully saturated rings. The predicted octanol–water partition coefficient (Wildman–Crippen LogP) is 4.12. The number of aryl methyl sites for hydroxylation is 3. The number of rotatable bonds is 5. The van der Waals surface area contributed by atoms with Gasteiger partial charge in [0, 0.05) is 5.69 Å². The van der Waals surface area contributed by atoms with E-state index in [9.17, 15) is 4.79 Å². The molecule has 0 radical (unpaired) electrons. The molecule has 2 aromatic carbocycles. The molecule has 2 amide bonds. The van der Waals surface area contributed by atoms with Crippen molar-refractivity contribution >= 4 is 11.7 Å². The topological polar surface area (TPSA) is 50.4 Å². The van der Waals surface area contributed by atoms with Crippen molar-refractivity contribution in [2.24, 2.45) is 0 Å². The molecule has 0 aliphatic rings. The standard InChI is InChI=1S/C19H24N2O2/c1-13-8-9-15(3)18(12-13)23-11-10-20-19(22)21-17-7-5-6-14(2)16(17)4/h5-9,12H,10-11H2,1-4H3,(H2,20,21,22). The van der Waals surface area contributed by atoms with Crippen molar-refractivity contribution in [2.75, 3.05) is 18.5 Å².